The standard InChI is InChI=1S/C29H38N2O4S2/c1-7-30(8-2)36(32,33)28-19-23(6)13-17-26(28)27-18-16-25(20-24-14-11-22(5)12-15-24)21-29(27)37(34,35)31(9-3)10-4/h11-19,21H,7-10,20H2,1-6H3. The molecule has 37 heavy (non-hydrogen) atoms. The van der Waals surface area contributed by atoms with E-state index in [1.54, 1.807) is 52.0 Å². The van der Waals surface area contributed by atoms with Crippen LogP contribution in [0, 0.1) is 13.8 Å². The minimum Gasteiger partial charge on any atom is -0.207 e. The Kier molecular flexibility index (Phi) is 9.34. The molecule has 8 heteroatoms. The van der Waals surface area contributed by atoms with E-state index in [9.17, 15) is 16.8 Å². The van der Waals surface area contributed by atoms with Gasteiger partial charge in [0.25, 0.3) is 0 Å². The molecule has 0 aliphatic rings. The topological polar surface area (TPSA) is 74.8 Å². The normalized spacial score (nSPS) is 12.4. The van der Waals surface area contributed by atoms with Crippen molar-refractivity contribution >= 4 is 20.0 Å². The Labute approximate surface area is 223 Å². The number of aryl methyl sites for hydroxylation is 2. The summed E-state index contributed by atoms with van der Waals surface area (Å²) in [6, 6.07) is 18.7. The van der Waals surface area contributed by atoms with Crippen molar-refractivity contribution in [3.8, 4) is 11.1 Å². The Morgan fingerprint density at radius 2 is 0.946 bits per heavy atom. The average molecular weight is 543 g/mol. The molecule has 200 valence electrons. The summed E-state index contributed by atoms with van der Waals surface area (Å²) in [7, 11) is -7.71. The van der Waals surface area contributed by atoms with Crippen molar-refractivity contribution in [1.82, 2.24) is 8.61 Å². The van der Waals surface area contributed by atoms with Gasteiger partial charge in [0.1, 0.15) is 0 Å². The van der Waals surface area contributed by atoms with Crippen LogP contribution in [0.2, 0.25) is 0 Å². The van der Waals surface area contributed by atoms with E-state index >= 15 is 0 Å². The third-order valence-electron chi connectivity index (χ3n) is 6.65. The van der Waals surface area contributed by atoms with Crippen LogP contribution in [0.4, 0.5) is 0 Å². The van der Waals surface area contributed by atoms with Crippen molar-refractivity contribution < 1.29 is 16.8 Å². The quantitative estimate of drug-likeness (QED) is 0.315. The molecule has 3 aromatic carbocycles. The second-order valence-electron chi connectivity index (χ2n) is 9.17. The van der Waals surface area contributed by atoms with Crippen LogP contribution in [0.5, 0.6) is 0 Å². The zero-order valence-corrected chi connectivity index (χ0v) is 24.3. The molecule has 3 aromatic rings. The lowest BCUT2D eigenvalue weighted by atomic mass is 9.99. The molecule has 6 nitrogen and oxygen atoms in total. The predicted octanol–water partition coefficient (Wildman–Crippen LogP) is 5.62. The van der Waals surface area contributed by atoms with E-state index in [2.05, 4.69) is 0 Å². The highest BCUT2D eigenvalue weighted by Gasteiger charge is 2.30. The summed E-state index contributed by atoms with van der Waals surface area (Å²) >= 11 is 0. The van der Waals surface area contributed by atoms with Crippen molar-refractivity contribution in [2.24, 2.45) is 0 Å². The van der Waals surface area contributed by atoms with E-state index in [1.165, 1.54) is 8.61 Å². The molecule has 0 N–H and O–H groups in total. The minimum atomic E-state index is -3.88. The predicted molar refractivity (Wildman–Crippen MR) is 151 cm³/mol. The smallest absolute Gasteiger partial charge is 0.207 e. The van der Waals surface area contributed by atoms with Crippen LogP contribution < -0.4 is 0 Å². The van der Waals surface area contributed by atoms with Gasteiger partial charge >= 0.3 is 0 Å². The molecule has 0 heterocycles. The highest BCUT2D eigenvalue weighted by Crippen LogP contribution is 2.36. The molecule has 0 aliphatic heterocycles. The van der Waals surface area contributed by atoms with E-state index in [4.69, 9.17) is 0 Å². The number of sulfonamides is 2. The summed E-state index contributed by atoms with van der Waals surface area (Å²) in [5.41, 5.74) is 4.66. The SMILES string of the molecule is CCN(CC)S(=O)(=O)c1cc(C)ccc1-c1ccc(Cc2ccc(C)cc2)cc1S(=O)(=O)N(CC)CC. The van der Waals surface area contributed by atoms with E-state index < -0.39 is 20.0 Å². The van der Waals surface area contributed by atoms with Gasteiger partial charge in [-0.15, -0.1) is 0 Å². The van der Waals surface area contributed by atoms with Crippen molar-refractivity contribution in [3.63, 3.8) is 0 Å². The molecule has 0 saturated heterocycles. The maximum absolute atomic E-state index is 13.9. The number of rotatable bonds is 11. The van der Waals surface area contributed by atoms with Crippen LogP contribution in [-0.4, -0.2) is 51.6 Å². The number of hydrogen-bond donors (Lipinski definition) is 0. The zero-order chi connectivity index (χ0) is 27.4. The summed E-state index contributed by atoms with van der Waals surface area (Å²) in [6.45, 7) is 12.4. The molecule has 0 radical (unpaired) electrons. The van der Waals surface area contributed by atoms with Gasteiger partial charge in [-0.25, -0.2) is 16.8 Å². The number of nitrogens with zero attached hydrogens (tertiary/aromatic N) is 2. The molecule has 3 rings (SSSR count). The molecule has 0 amide bonds. The summed E-state index contributed by atoms with van der Waals surface area (Å²) in [4.78, 5) is 0.249. The van der Waals surface area contributed by atoms with Gasteiger partial charge in [-0.1, -0.05) is 81.8 Å². The fourth-order valence-corrected chi connectivity index (χ4v) is 7.99. The first-order valence-corrected chi connectivity index (χ1v) is 15.7. The van der Waals surface area contributed by atoms with Crippen molar-refractivity contribution in [3.05, 3.63) is 82.9 Å². The molecule has 0 aromatic heterocycles. The monoisotopic (exact) mass is 542 g/mol. The minimum absolute atomic E-state index is 0.124. The van der Waals surface area contributed by atoms with Crippen LogP contribution >= 0.6 is 0 Å². The second kappa shape index (κ2) is 11.9. The van der Waals surface area contributed by atoms with Gasteiger partial charge in [0, 0.05) is 37.3 Å². The van der Waals surface area contributed by atoms with Crippen LogP contribution in [0.25, 0.3) is 11.1 Å². The molecular weight excluding hydrogens is 504 g/mol. The number of hydrogen-bond acceptors (Lipinski definition) is 4. The van der Waals surface area contributed by atoms with E-state index in [0.717, 1.165) is 22.3 Å². The maximum Gasteiger partial charge on any atom is 0.243 e. The summed E-state index contributed by atoms with van der Waals surface area (Å²) < 4.78 is 57.9. The lowest BCUT2D eigenvalue weighted by Crippen LogP contribution is -2.32. The van der Waals surface area contributed by atoms with Gasteiger partial charge in [-0.3, -0.25) is 0 Å². The maximum atomic E-state index is 13.9. The molecule has 0 spiro atoms. The van der Waals surface area contributed by atoms with Gasteiger partial charge in [0.15, 0.2) is 0 Å². The Balaban J connectivity index is 2.29. The Hall–Kier alpha value is -2.52. The molecule has 0 bridgehead atoms. The first-order chi connectivity index (χ1) is 17.5. The van der Waals surface area contributed by atoms with Crippen molar-refractivity contribution in [1.29, 1.82) is 0 Å². The van der Waals surface area contributed by atoms with Crippen LogP contribution in [0.15, 0.2) is 70.5 Å². The fourth-order valence-electron chi connectivity index (χ4n) is 4.52. The van der Waals surface area contributed by atoms with Gasteiger partial charge in [0.05, 0.1) is 9.79 Å². The molecule has 0 fully saturated rings. The Bertz CT molecular complexity index is 1440. The summed E-state index contributed by atoms with van der Waals surface area (Å²) in [6.07, 6.45) is 0.569. The molecule has 0 unspecified atom stereocenters. The van der Waals surface area contributed by atoms with E-state index in [1.807, 2.05) is 50.2 Å². The van der Waals surface area contributed by atoms with Crippen molar-refractivity contribution in [2.75, 3.05) is 26.2 Å². The molecule has 0 atom stereocenters. The second-order valence-corrected chi connectivity index (χ2v) is 13.0. The molecular formula is C29H38N2O4S2. The third kappa shape index (κ3) is 6.14. The average Bonchev–Trinajstić information content (AvgIpc) is 2.86. The van der Waals surface area contributed by atoms with Crippen LogP contribution in [-0.2, 0) is 26.5 Å². The summed E-state index contributed by atoms with van der Waals surface area (Å²) in [5, 5.41) is 0. The van der Waals surface area contributed by atoms with Gasteiger partial charge in [-0.05, 0) is 49.1 Å². The van der Waals surface area contributed by atoms with Gasteiger partial charge in [0.2, 0.25) is 20.0 Å². The number of benzene rings is 3. The zero-order valence-electron chi connectivity index (χ0n) is 22.7. The van der Waals surface area contributed by atoms with Gasteiger partial charge in [-0.2, -0.15) is 8.61 Å². The highest BCUT2D eigenvalue weighted by molar-refractivity contribution is 7.89. The largest absolute Gasteiger partial charge is 0.243 e. The highest BCUT2D eigenvalue weighted by atomic mass is 32.2. The Morgan fingerprint density at radius 3 is 1.43 bits per heavy atom. The first-order valence-electron chi connectivity index (χ1n) is 12.8. The fraction of sp³-hybridized carbons (Fsp3) is 0.379. The van der Waals surface area contributed by atoms with Crippen molar-refractivity contribution in [2.45, 2.75) is 57.8 Å². The van der Waals surface area contributed by atoms with Gasteiger partial charge < -0.3 is 0 Å². The van der Waals surface area contributed by atoms with E-state index in [0.29, 0.717) is 43.7 Å². The van der Waals surface area contributed by atoms with Crippen LogP contribution in [0.3, 0.4) is 0 Å². The lowest BCUT2D eigenvalue weighted by Gasteiger charge is -2.24. The third-order valence-corrected chi connectivity index (χ3v) is 10.8. The molecule has 0 saturated carbocycles. The van der Waals surface area contributed by atoms with Crippen LogP contribution in [0.1, 0.15) is 49.9 Å². The molecule has 0 aliphatic carbocycles. The first kappa shape index (κ1) is 29.0. The Morgan fingerprint density at radius 1 is 0.541 bits per heavy atom. The van der Waals surface area contributed by atoms with E-state index in [-0.39, 0.29) is 9.79 Å². The lowest BCUT2D eigenvalue weighted by molar-refractivity contribution is 0.443. The summed E-state index contributed by atoms with van der Waals surface area (Å²) in [5.74, 6) is 0.